The van der Waals surface area contributed by atoms with E-state index in [4.69, 9.17) is 0 Å². The van der Waals surface area contributed by atoms with Crippen LogP contribution in [0, 0.1) is 0 Å². The van der Waals surface area contributed by atoms with Gasteiger partial charge in [-0.3, -0.25) is 9.59 Å². The molecule has 1 atom stereocenters. The van der Waals surface area contributed by atoms with E-state index in [-0.39, 0.29) is 46.6 Å². The molecule has 0 aromatic heterocycles. The molecule has 0 bridgehead atoms. The van der Waals surface area contributed by atoms with Crippen LogP contribution < -0.4 is 10.6 Å². The summed E-state index contributed by atoms with van der Waals surface area (Å²) < 4.78 is 0. The van der Waals surface area contributed by atoms with Crippen molar-refractivity contribution in [2.75, 3.05) is 13.1 Å². The Bertz CT molecular complexity index is 190. The van der Waals surface area contributed by atoms with Gasteiger partial charge >= 0.3 is 0 Å². The van der Waals surface area contributed by atoms with Crippen LogP contribution in [0.2, 0.25) is 0 Å². The van der Waals surface area contributed by atoms with Crippen LogP contribution >= 0.6 is 12.6 Å². The van der Waals surface area contributed by atoms with Crippen molar-refractivity contribution in [2.24, 2.45) is 0 Å². The second-order valence-corrected chi connectivity index (χ2v) is 3.59. The monoisotopic (exact) mass is 227 g/mol. The summed E-state index contributed by atoms with van der Waals surface area (Å²) in [6.07, 6.45) is 0.753. The van der Waals surface area contributed by atoms with Gasteiger partial charge in [0.1, 0.15) is 0 Å². The van der Waals surface area contributed by atoms with Gasteiger partial charge < -0.3 is 10.6 Å². The number of carbonyl (C=O) groups is 2. The second kappa shape index (κ2) is 9.83. The summed E-state index contributed by atoms with van der Waals surface area (Å²) in [5, 5.41) is 5.41. The van der Waals surface area contributed by atoms with E-state index >= 15 is 0 Å². The summed E-state index contributed by atoms with van der Waals surface area (Å²) in [6.45, 7) is 4.08. The van der Waals surface area contributed by atoms with Gasteiger partial charge in [-0.05, 0) is 6.42 Å². The van der Waals surface area contributed by atoms with Crippen molar-refractivity contribution in [2.45, 2.75) is 25.5 Å². The van der Waals surface area contributed by atoms with Crippen molar-refractivity contribution in [1.82, 2.24) is 10.6 Å². The second-order valence-electron chi connectivity index (χ2n) is 2.86. The molecule has 77 valence electrons. The fourth-order valence-electron chi connectivity index (χ4n) is 0.778. The maximum atomic E-state index is 10.5. The molecule has 0 aromatic carbocycles. The number of hydrogen-bond acceptors (Lipinski definition) is 3. The molecule has 0 saturated heterocycles. The molecule has 2 N–H and O–H groups in total. The number of nitrogens with one attached hydrogen (secondary N) is 2. The standard InChI is InChI=1S/C8H16N2O2S.Na/c1-6(11)9-4-3-8(13)5-10-7(2)12;/h8,13H,3-5H2,1-2H3,(H,9,11)(H,10,12);. The zero-order valence-electron chi connectivity index (χ0n) is 8.96. The van der Waals surface area contributed by atoms with Crippen molar-refractivity contribution in [1.29, 1.82) is 0 Å². The fraction of sp³-hybridized carbons (Fsp3) is 0.750. The molecule has 0 fully saturated rings. The van der Waals surface area contributed by atoms with Crippen LogP contribution in [0.15, 0.2) is 0 Å². The zero-order chi connectivity index (χ0) is 10.3. The molecule has 0 heterocycles. The third-order valence-corrected chi connectivity index (χ3v) is 1.88. The summed E-state index contributed by atoms with van der Waals surface area (Å²) in [5.74, 6) is -0.0985. The summed E-state index contributed by atoms with van der Waals surface area (Å²) >= 11 is 4.24. The molecule has 6 heteroatoms. The Morgan fingerprint density at radius 2 is 1.71 bits per heavy atom. The van der Waals surface area contributed by atoms with Gasteiger partial charge in [0.2, 0.25) is 11.8 Å². The fourth-order valence-corrected chi connectivity index (χ4v) is 0.999. The maximum absolute atomic E-state index is 10.5. The molecule has 0 aromatic rings. The van der Waals surface area contributed by atoms with Crippen molar-refractivity contribution in [3.8, 4) is 0 Å². The number of rotatable bonds is 5. The molecule has 0 spiro atoms. The van der Waals surface area contributed by atoms with E-state index < -0.39 is 0 Å². The first-order valence-electron chi connectivity index (χ1n) is 4.19. The molecular formula is C8H16N2NaO2S. The van der Waals surface area contributed by atoms with Crippen LogP contribution in [0.5, 0.6) is 0 Å². The van der Waals surface area contributed by atoms with Gasteiger partial charge in [0.15, 0.2) is 0 Å². The Kier molecular flexibility index (Phi) is 11.7. The van der Waals surface area contributed by atoms with E-state index in [9.17, 15) is 9.59 Å². The molecular weight excluding hydrogens is 211 g/mol. The van der Waals surface area contributed by atoms with Crippen LogP contribution in [-0.2, 0) is 9.59 Å². The summed E-state index contributed by atoms with van der Waals surface area (Å²) in [4.78, 5) is 21.0. The van der Waals surface area contributed by atoms with E-state index in [1.54, 1.807) is 0 Å². The topological polar surface area (TPSA) is 58.2 Å². The average molecular weight is 227 g/mol. The Hall–Kier alpha value is 0.290. The van der Waals surface area contributed by atoms with E-state index in [0.29, 0.717) is 13.1 Å². The largest absolute Gasteiger partial charge is 0.356 e. The summed E-state index contributed by atoms with van der Waals surface area (Å²) in [7, 11) is 0. The Labute approximate surface area is 112 Å². The maximum Gasteiger partial charge on any atom is 0.216 e. The number of amides is 2. The minimum atomic E-state index is -0.0569. The molecule has 2 amide bonds. The van der Waals surface area contributed by atoms with Crippen LogP contribution in [0.1, 0.15) is 20.3 Å². The van der Waals surface area contributed by atoms with Crippen molar-refractivity contribution >= 4 is 54.0 Å². The third-order valence-electron chi connectivity index (χ3n) is 1.44. The Morgan fingerprint density at radius 1 is 1.21 bits per heavy atom. The third kappa shape index (κ3) is 12.3. The predicted octanol–water partition coefficient (Wildman–Crippen LogP) is -0.434. The molecule has 0 aliphatic carbocycles. The summed E-state index contributed by atoms with van der Waals surface area (Å²) in [6, 6.07) is 0. The quantitative estimate of drug-likeness (QED) is 0.441. The molecule has 1 unspecified atom stereocenters. The summed E-state index contributed by atoms with van der Waals surface area (Å²) in [5.41, 5.74) is 0. The van der Waals surface area contributed by atoms with Crippen molar-refractivity contribution in [3.05, 3.63) is 0 Å². The van der Waals surface area contributed by atoms with Crippen LogP contribution in [0.3, 0.4) is 0 Å². The van der Waals surface area contributed by atoms with Gasteiger partial charge in [-0.2, -0.15) is 12.6 Å². The van der Waals surface area contributed by atoms with Crippen molar-refractivity contribution < 1.29 is 9.59 Å². The van der Waals surface area contributed by atoms with Crippen molar-refractivity contribution in [3.63, 3.8) is 0 Å². The van der Waals surface area contributed by atoms with E-state index in [1.165, 1.54) is 13.8 Å². The first kappa shape index (κ1) is 16.7. The first-order chi connectivity index (χ1) is 6.02. The molecule has 0 rings (SSSR count). The molecule has 4 nitrogen and oxygen atoms in total. The molecule has 0 saturated carbocycles. The Balaban J connectivity index is 0. The molecule has 14 heavy (non-hydrogen) atoms. The molecule has 0 aliphatic heterocycles. The van der Waals surface area contributed by atoms with Gasteiger partial charge in [0, 0.05) is 61.7 Å². The minimum absolute atomic E-state index is 0. The predicted molar refractivity (Wildman–Crippen MR) is 60.5 cm³/mol. The van der Waals surface area contributed by atoms with E-state index in [0.717, 1.165) is 6.42 Å². The average Bonchev–Trinajstić information content (AvgIpc) is 2.00. The van der Waals surface area contributed by atoms with Gasteiger partial charge in [-0.1, -0.05) is 0 Å². The van der Waals surface area contributed by atoms with Crippen LogP contribution in [-0.4, -0.2) is 59.7 Å². The molecule has 1 radical (unpaired) electrons. The van der Waals surface area contributed by atoms with E-state index in [1.807, 2.05) is 0 Å². The zero-order valence-corrected chi connectivity index (χ0v) is 11.9. The van der Waals surface area contributed by atoms with Gasteiger partial charge in [0.25, 0.3) is 0 Å². The molecule has 0 aliphatic rings. The SMILES string of the molecule is CC(=O)NCCC(S)CNC(C)=O.[Na]. The van der Waals surface area contributed by atoms with Crippen LogP contribution in [0.4, 0.5) is 0 Å². The van der Waals surface area contributed by atoms with Gasteiger partial charge in [0.05, 0.1) is 0 Å². The smallest absolute Gasteiger partial charge is 0.216 e. The Morgan fingerprint density at radius 3 is 2.14 bits per heavy atom. The van der Waals surface area contributed by atoms with Gasteiger partial charge in [-0.15, -0.1) is 0 Å². The van der Waals surface area contributed by atoms with Gasteiger partial charge in [-0.25, -0.2) is 0 Å². The van der Waals surface area contributed by atoms with E-state index in [2.05, 4.69) is 23.3 Å². The minimum Gasteiger partial charge on any atom is -0.356 e. The normalized spacial score (nSPS) is 11.1. The van der Waals surface area contributed by atoms with Crippen LogP contribution in [0.25, 0.3) is 0 Å². The number of thiol groups is 1. The first-order valence-corrected chi connectivity index (χ1v) is 4.71. The number of carbonyl (C=O) groups excluding carboxylic acids is 2. The number of hydrogen-bond donors (Lipinski definition) is 3.